The molecule has 1 heterocycles. The van der Waals surface area contributed by atoms with Crippen molar-refractivity contribution in [1.29, 1.82) is 0 Å². The van der Waals surface area contributed by atoms with Gasteiger partial charge in [0, 0.05) is 11.3 Å². The first kappa shape index (κ1) is 8.82. The van der Waals surface area contributed by atoms with Crippen LogP contribution in [-0.2, 0) is 17.6 Å². The summed E-state index contributed by atoms with van der Waals surface area (Å²) in [5.74, 6) is 1.24. The minimum atomic E-state index is 0.554. The van der Waals surface area contributed by atoms with Crippen molar-refractivity contribution in [3.8, 4) is 0 Å². The van der Waals surface area contributed by atoms with E-state index in [-0.39, 0.29) is 0 Å². The summed E-state index contributed by atoms with van der Waals surface area (Å²) < 4.78 is 0. The van der Waals surface area contributed by atoms with Crippen LogP contribution in [0.4, 0.5) is 0 Å². The maximum Gasteiger partial charge on any atom is 0.124 e. The molecule has 0 unspecified atom stereocenters. The van der Waals surface area contributed by atoms with Gasteiger partial charge >= 0.3 is 0 Å². The fourth-order valence-corrected chi connectivity index (χ4v) is 2.66. The van der Waals surface area contributed by atoms with Gasteiger partial charge in [0.05, 0.1) is 0 Å². The van der Waals surface area contributed by atoms with Crippen molar-refractivity contribution in [2.75, 3.05) is 5.75 Å². The first-order valence-corrected chi connectivity index (χ1v) is 5.57. The van der Waals surface area contributed by atoms with Crippen LogP contribution in [0.15, 0.2) is 23.1 Å². The SMILES string of the molecule is O=CCc1ccc2c(c1)CCCS2. The van der Waals surface area contributed by atoms with Crippen LogP contribution in [0.3, 0.4) is 0 Å². The van der Waals surface area contributed by atoms with Gasteiger partial charge in [-0.3, -0.25) is 0 Å². The molecule has 2 heteroatoms. The minimum absolute atomic E-state index is 0.554. The van der Waals surface area contributed by atoms with Gasteiger partial charge in [0.1, 0.15) is 6.29 Å². The first-order valence-electron chi connectivity index (χ1n) is 4.58. The Balaban J connectivity index is 2.29. The average Bonchev–Trinajstić information content (AvgIpc) is 2.18. The van der Waals surface area contributed by atoms with Gasteiger partial charge in [-0.15, -0.1) is 11.8 Å². The van der Waals surface area contributed by atoms with E-state index in [0.717, 1.165) is 11.8 Å². The Morgan fingerprint density at radius 3 is 3.23 bits per heavy atom. The lowest BCUT2D eigenvalue weighted by Crippen LogP contribution is -1.99. The van der Waals surface area contributed by atoms with E-state index in [0.29, 0.717) is 6.42 Å². The zero-order valence-corrected chi connectivity index (χ0v) is 8.27. The topological polar surface area (TPSA) is 17.1 Å². The van der Waals surface area contributed by atoms with E-state index in [1.165, 1.54) is 29.1 Å². The number of aldehydes is 1. The zero-order chi connectivity index (χ0) is 9.10. The summed E-state index contributed by atoms with van der Waals surface area (Å²) in [4.78, 5) is 11.7. The van der Waals surface area contributed by atoms with E-state index in [1.54, 1.807) is 0 Å². The number of carbonyl (C=O) groups excluding carboxylic acids is 1. The number of carbonyl (C=O) groups is 1. The van der Waals surface area contributed by atoms with Crippen molar-refractivity contribution in [3.05, 3.63) is 29.3 Å². The van der Waals surface area contributed by atoms with Crippen LogP contribution in [0, 0.1) is 0 Å². The normalized spacial score (nSPS) is 15.1. The highest BCUT2D eigenvalue weighted by atomic mass is 32.2. The fraction of sp³-hybridized carbons (Fsp3) is 0.364. The van der Waals surface area contributed by atoms with Crippen molar-refractivity contribution < 1.29 is 4.79 Å². The molecule has 0 aliphatic carbocycles. The summed E-state index contributed by atoms with van der Waals surface area (Å²) in [6.07, 6.45) is 3.97. The van der Waals surface area contributed by atoms with Gasteiger partial charge in [-0.05, 0) is 35.8 Å². The monoisotopic (exact) mass is 192 g/mol. The van der Waals surface area contributed by atoms with Gasteiger partial charge in [0.2, 0.25) is 0 Å². The highest BCUT2D eigenvalue weighted by molar-refractivity contribution is 7.99. The molecule has 2 rings (SSSR count). The summed E-state index contributed by atoms with van der Waals surface area (Å²) in [7, 11) is 0. The molecular weight excluding hydrogens is 180 g/mol. The van der Waals surface area contributed by atoms with E-state index >= 15 is 0 Å². The quantitative estimate of drug-likeness (QED) is 0.670. The molecule has 68 valence electrons. The molecule has 1 nitrogen and oxygen atoms in total. The van der Waals surface area contributed by atoms with Gasteiger partial charge in [0.25, 0.3) is 0 Å². The summed E-state index contributed by atoms with van der Waals surface area (Å²) in [5, 5.41) is 0. The molecule has 0 N–H and O–H groups in total. The summed E-state index contributed by atoms with van der Waals surface area (Å²) in [5.41, 5.74) is 2.58. The van der Waals surface area contributed by atoms with Crippen molar-refractivity contribution in [2.45, 2.75) is 24.2 Å². The van der Waals surface area contributed by atoms with Crippen LogP contribution < -0.4 is 0 Å². The second kappa shape index (κ2) is 3.97. The molecular formula is C11H12OS. The van der Waals surface area contributed by atoms with Crippen molar-refractivity contribution in [1.82, 2.24) is 0 Å². The van der Waals surface area contributed by atoms with Crippen LogP contribution in [0.1, 0.15) is 17.5 Å². The van der Waals surface area contributed by atoms with Crippen LogP contribution in [0.25, 0.3) is 0 Å². The smallest absolute Gasteiger partial charge is 0.124 e. The molecule has 1 aromatic carbocycles. The molecule has 1 aliphatic heterocycles. The lowest BCUT2D eigenvalue weighted by molar-refractivity contribution is -0.107. The first-order chi connectivity index (χ1) is 6.40. The standard InChI is InChI=1S/C11H12OS/c12-6-5-9-3-4-11-10(8-9)2-1-7-13-11/h3-4,6,8H,1-2,5,7H2. The third-order valence-corrected chi connectivity index (χ3v) is 3.49. The number of thioether (sulfide) groups is 1. The molecule has 0 saturated heterocycles. The number of aryl methyl sites for hydroxylation is 1. The predicted molar refractivity (Wildman–Crippen MR) is 55.3 cm³/mol. The fourth-order valence-electron chi connectivity index (χ4n) is 1.64. The van der Waals surface area contributed by atoms with Gasteiger partial charge in [0.15, 0.2) is 0 Å². The second-order valence-corrected chi connectivity index (χ2v) is 4.40. The third kappa shape index (κ3) is 1.94. The highest BCUT2D eigenvalue weighted by Gasteiger charge is 2.09. The highest BCUT2D eigenvalue weighted by Crippen LogP contribution is 2.30. The Kier molecular flexibility index (Phi) is 2.69. The molecule has 0 saturated carbocycles. The molecule has 13 heavy (non-hydrogen) atoms. The lowest BCUT2D eigenvalue weighted by atomic mass is 10.0. The summed E-state index contributed by atoms with van der Waals surface area (Å²) in [6.45, 7) is 0. The van der Waals surface area contributed by atoms with Crippen LogP contribution in [0.2, 0.25) is 0 Å². The van der Waals surface area contributed by atoms with Crippen LogP contribution in [-0.4, -0.2) is 12.0 Å². The number of fused-ring (bicyclic) bond motifs is 1. The third-order valence-electron chi connectivity index (χ3n) is 2.29. The van der Waals surface area contributed by atoms with Crippen LogP contribution >= 0.6 is 11.8 Å². The molecule has 0 fully saturated rings. The van der Waals surface area contributed by atoms with Crippen molar-refractivity contribution >= 4 is 18.0 Å². The molecule has 0 spiro atoms. The summed E-state index contributed by atoms with van der Waals surface area (Å²) >= 11 is 1.93. The van der Waals surface area contributed by atoms with E-state index in [9.17, 15) is 4.79 Å². The van der Waals surface area contributed by atoms with Crippen molar-refractivity contribution in [3.63, 3.8) is 0 Å². The Morgan fingerprint density at radius 2 is 2.38 bits per heavy atom. The maximum absolute atomic E-state index is 10.3. The van der Waals surface area contributed by atoms with Gasteiger partial charge < -0.3 is 4.79 Å². The molecule has 0 radical (unpaired) electrons. The minimum Gasteiger partial charge on any atom is -0.303 e. The molecule has 1 aromatic rings. The zero-order valence-electron chi connectivity index (χ0n) is 7.45. The van der Waals surface area contributed by atoms with E-state index in [2.05, 4.69) is 18.2 Å². The molecule has 0 amide bonds. The predicted octanol–water partition coefficient (Wildman–Crippen LogP) is 2.47. The number of hydrogen-bond acceptors (Lipinski definition) is 2. The van der Waals surface area contributed by atoms with Crippen LogP contribution in [0.5, 0.6) is 0 Å². The largest absolute Gasteiger partial charge is 0.303 e. The number of hydrogen-bond donors (Lipinski definition) is 0. The van der Waals surface area contributed by atoms with Gasteiger partial charge in [-0.25, -0.2) is 0 Å². The molecule has 1 aliphatic rings. The number of rotatable bonds is 2. The maximum atomic E-state index is 10.3. The van der Waals surface area contributed by atoms with Gasteiger partial charge in [-0.1, -0.05) is 12.1 Å². The molecule has 0 aromatic heterocycles. The van der Waals surface area contributed by atoms with E-state index < -0.39 is 0 Å². The Hall–Kier alpha value is -0.760. The van der Waals surface area contributed by atoms with Gasteiger partial charge in [-0.2, -0.15) is 0 Å². The summed E-state index contributed by atoms with van der Waals surface area (Å²) in [6, 6.07) is 6.39. The average molecular weight is 192 g/mol. The Bertz CT molecular complexity index is 320. The second-order valence-electron chi connectivity index (χ2n) is 3.26. The number of benzene rings is 1. The Morgan fingerprint density at radius 1 is 1.46 bits per heavy atom. The van der Waals surface area contributed by atoms with E-state index in [4.69, 9.17) is 0 Å². The van der Waals surface area contributed by atoms with E-state index in [1.807, 2.05) is 11.8 Å². The molecule has 0 atom stereocenters. The van der Waals surface area contributed by atoms with Crippen molar-refractivity contribution in [2.24, 2.45) is 0 Å². The Labute approximate surface area is 82.5 Å². The lowest BCUT2D eigenvalue weighted by Gasteiger charge is -2.15. The molecule has 0 bridgehead atoms.